The lowest BCUT2D eigenvalue weighted by Crippen LogP contribution is -2.32. The number of halogens is 1. The van der Waals surface area contributed by atoms with Crippen molar-refractivity contribution in [1.29, 1.82) is 0 Å². The topological polar surface area (TPSA) is 105 Å². The van der Waals surface area contributed by atoms with Gasteiger partial charge in [-0.3, -0.25) is 9.78 Å². The second-order valence-electron chi connectivity index (χ2n) is 9.35. The van der Waals surface area contributed by atoms with Crippen LogP contribution >= 0.6 is 22.6 Å². The zero-order valence-electron chi connectivity index (χ0n) is 22.0. The van der Waals surface area contributed by atoms with Gasteiger partial charge in [0.2, 0.25) is 0 Å². The number of piperidine rings is 1. The van der Waals surface area contributed by atoms with E-state index in [1.54, 1.807) is 25.4 Å². The van der Waals surface area contributed by atoms with E-state index < -0.39 is 0 Å². The second-order valence-corrected chi connectivity index (χ2v) is 10.1. The van der Waals surface area contributed by atoms with E-state index in [0.29, 0.717) is 57.2 Å². The van der Waals surface area contributed by atoms with Crippen molar-refractivity contribution in [2.75, 3.05) is 45.7 Å². The summed E-state index contributed by atoms with van der Waals surface area (Å²) >= 11 is 2.25. The molecule has 1 saturated heterocycles. The molecule has 2 heterocycles. The average Bonchev–Trinajstić information content (AvgIpc) is 2.93. The predicted molar refractivity (Wildman–Crippen MR) is 158 cm³/mol. The third-order valence-corrected chi connectivity index (χ3v) is 7.44. The van der Waals surface area contributed by atoms with Crippen LogP contribution < -0.4 is 25.4 Å². The third-order valence-electron chi connectivity index (χ3n) is 6.62. The molecule has 10 heteroatoms. The van der Waals surface area contributed by atoms with Crippen LogP contribution in [0.15, 0.2) is 42.6 Å². The van der Waals surface area contributed by atoms with Gasteiger partial charge in [0, 0.05) is 41.4 Å². The lowest BCUT2D eigenvalue weighted by molar-refractivity contribution is 0.0956. The second kappa shape index (κ2) is 13.1. The molecule has 0 unspecified atom stereocenters. The van der Waals surface area contributed by atoms with E-state index in [9.17, 15) is 9.59 Å². The van der Waals surface area contributed by atoms with Gasteiger partial charge in [-0.2, -0.15) is 0 Å². The van der Waals surface area contributed by atoms with Crippen LogP contribution in [0.5, 0.6) is 17.2 Å². The van der Waals surface area contributed by atoms with Gasteiger partial charge in [-0.1, -0.05) is 22.6 Å². The highest BCUT2D eigenvalue weighted by Gasteiger charge is 2.20. The number of urea groups is 1. The summed E-state index contributed by atoms with van der Waals surface area (Å²) in [6.45, 7) is 5.09. The molecule has 2 aromatic carbocycles. The van der Waals surface area contributed by atoms with Crippen molar-refractivity contribution in [3.63, 3.8) is 0 Å². The molecule has 0 radical (unpaired) electrons. The van der Waals surface area contributed by atoms with Crippen LogP contribution in [0.25, 0.3) is 10.9 Å². The first kappa shape index (κ1) is 27.9. The fourth-order valence-electron chi connectivity index (χ4n) is 4.43. The number of nitrogens with zero attached hydrogens (tertiary/aromatic N) is 2. The number of nitrogens with one attached hydrogen (secondary N) is 3. The molecular weight excluding hydrogens is 597 g/mol. The molecule has 0 spiro atoms. The first-order valence-electron chi connectivity index (χ1n) is 12.8. The third kappa shape index (κ3) is 6.84. The molecule has 0 aliphatic carbocycles. The Kier molecular flexibility index (Phi) is 9.62. The van der Waals surface area contributed by atoms with Crippen LogP contribution in [0, 0.1) is 5.92 Å². The first-order chi connectivity index (χ1) is 18.4. The number of fused-ring (bicyclic) bond motifs is 1. The number of hydrogen-bond donors (Lipinski definition) is 3. The van der Waals surface area contributed by atoms with Crippen LogP contribution in [-0.2, 0) is 4.43 Å². The maximum absolute atomic E-state index is 12.8. The summed E-state index contributed by atoms with van der Waals surface area (Å²) in [5, 5.41) is 9.03. The number of aromatic nitrogens is 1. The zero-order chi connectivity index (χ0) is 27.1. The predicted octanol–water partition coefficient (Wildman–Crippen LogP) is 5.18. The van der Waals surface area contributed by atoms with Crippen molar-refractivity contribution in [1.82, 2.24) is 20.5 Å². The van der Waals surface area contributed by atoms with Crippen LogP contribution in [0.1, 0.15) is 35.7 Å². The van der Waals surface area contributed by atoms with Crippen molar-refractivity contribution < 1.29 is 19.1 Å². The minimum Gasteiger partial charge on any atom is -0.492 e. The lowest BCUT2D eigenvalue weighted by atomic mass is 9.98. The van der Waals surface area contributed by atoms with E-state index in [2.05, 4.69) is 55.5 Å². The Morgan fingerprint density at radius 2 is 1.92 bits per heavy atom. The maximum atomic E-state index is 12.8. The number of pyridine rings is 1. The Labute approximate surface area is 236 Å². The van der Waals surface area contributed by atoms with Crippen molar-refractivity contribution in [2.24, 2.45) is 5.92 Å². The van der Waals surface area contributed by atoms with Crippen LogP contribution in [0.3, 0.4) is 0 Å². The number of benzene rings is 2. The Morgan fingerprint density at radius 3 is 2.63 bits per heavy atom. The summed E-state index contributed by atoms with van der Waals surface area (Å²) in [6, 6.07) is 10.7. The average molecular weight is 632 g/mol. The van der Waals surface area contributed by atoms with Crippen molar-refractivity contribution >= 4 is 51.1 Å². The van der Waals surface area contributed by atoms with E-state index in [0.717, 1.165) is 37.2 Å². The first-order valence-corrected chi connectivity index (χ1v) is 14.3. The normalized spacial score (nSPS) is 14.2. The Morgan fingerprint density at radius 1 is 1.13 bits per heavy atom. The molecule has 1 aliphatic rings. The van der Waals surface area contributed by atoms with Gasteiger partial charge in [0.15, 0.2) is 0 Å². The molecule has 0 bridgehead atoms. The van der Waals surface area contributed by atoms with Gasteiger partial charge in [0.1, 0.15) is 17.2 Å². The number of carbonyl (C=O) groups excluding carboxylic acids is 2. The Bertz CT molecular complexity index is 1290. The monoisotopic (exact) mass is 631 g/mol. The number of amides is 3. The van der Waals surface area contributed by atoms with Crippen molar-refractivity contribution in [3.05, 3.63) is 53.7 Å². The van der Waals surface area contributed by atoms with Crippen molar-refractivity contribution in [2.45, 2.75) is 24.2 Å². The zero-order valence-corrected chi connectivity index (χ0v) is 24.1. The number of anilines is 1. The lowest BCUT2D eigenvalue weighted by Gasteiger charge is -2.29. The number of hydrogen-bond acceptors (Lipinski definition) is 6. The van der Waals surface area contributed by atoms with Gasteiger partial charge in [0.05, 0.1) is 17.7 Å². The van der Waals surface area contributed by atoms with Gasteiger partial charge in [-0.15, -0.1) is 0 Å². The van der Waals surface area contributed by atoms with E-state index in [4.69, 9.17) is 9.47 Å². The highest BCUT2D eigenvalue weighted by Crippen LogP contribution is 2.35. The van der Waals surface area contributed by atoms with E-state index >= 15 is 0 Å². The smallest absolute Gasteiger partial charge is 0.319 e. The largest absolute Gasteiger partial charge is 0.492 e. The minimum atomic E-state index is -0.247. The molecule has 0 atom stereocenters. The van der Waals surface area contributed by atoms with Crippen molar-refractivity contribution in [3.8, 4) is 17.2 Å². The van der Waals surface area contributed by atoms with Gasteiger partial charge in [0.25, 0.3) is 5.91 Å². The molecule has 1 aromatic heterocycles. The van der Waals surface area contributed by atoms with Gasteiger partial charge in [-0.05, 0) is 81.7 Å². The molecule has 202 valence electrons. The van der Waals surface area contributed by atoms with E-state index in [1.807, 2.05) is 31.2 Å². The highest BCUT2D eigenvalue weighted by atomic mass is 127. The maximum Gasteiger partial charge on any atom is 0.319 e. The molecule has 0 saturated carbocycles. The molecule has 4 rings (SSSR count). The fourth-order valence-corrected chi connectivity index (χ4v) is 5.06. The van der Waals surface area contributed by atoms with Gasteiger partial charge < -0.3 is 30.3 Å². The Balaban J connectivity index is 1.60. The van der Waals surface area contributed by atoms with E-state index in [-0.39, 0.29) is 11.9 Å². The number of rotatable bonds is 9. The van der Waals surface area contributed by atoms with E-state index in [1.165, 1.54) is 0 Å². The fraction of sp³-hybridized carbons (Fsp3) is 0.393. The van der Waals surface area contributed by atoms with Crippen LogP contribution in [-0.4, -0.2) is 62.2 Å². The summed E-state index contributed by atoms with van der Waals surface area (Å²) in [6.07, 6.45) is 3.83. The van der Waals surface area contributed by atoms with Gasteiger partial charge in [-0.25, -0.2) is 4.79 Å². The minimum absolute atomic E-state index is 0.229. The Hall–Kier alpha value is -3.12. The number of carbonyl (C=O) groups is 2. The highest BCUT2D eigenvalue weighted by molar-refractivity contribution is 14.1. The molecule has 1 fully saturated rings. The molecular formula is C28H34IN5O4. The summed E-state index contributed by atoms with van der Waals surface area (Å²) in [4.78, 5) is 31.6. The SMILES string of the molecule is CCNC(=O)Nc1ccc(Oc2ccnc3cc(OCC4CCN(C)CC4)c(C(=O)NC)cc23)cc1CI. The van der Waals surface area contributed by atoms with Crippen LogP contribution in [0.4, 0.5) is 10.5 Å². The van der Waals surface area contributed by atoms with Crippen LogP contribution in [0.2, 0.25) is 0 Å². The number of ether oxygens (including phenoxy) is 2. The number of likely N-dealkylation sites (tertiary alicyclic amines) is 1. The summed E-state index contributed by atoms with van der Waals surface area (Å²) < 4.78 is 13.1. The standard InChI is InChI=1S/C28H34IN5O4/c1-4-31-28(36)33-23-6-5-20(13-19(23)16-29)38-25-7-10-32-24-15-26(22(14-21(24)25)27(35)30-2)37-17-18-8-11-34(3)12-9-18/h5-7,10,13-15,18H,4,8-9,11-12,16-17H2,1-3H3,(H,30,35)(H2,31,33,36). The summed E-state index contributed by atoms with van der Waals surface area (Å²) in [5.74, 6) is 1.95. The molecule has 38 heavy (non-hydrogen) atoms. The summed E-state index contributed by atoms with van der Waals surface area (Å²) in [5.41, 5.74) is 2.78. The molecule has 3 aromatic rings. The molecule has 3 N–H and O–H groups in total. The summed E-state index contributed by atoms with van der Waals surface area (Å²) in [7, 11) is 3.74. The molecule has 9 nitrogen and oxygen atoms in total. The molecule has 1 aliphatic heterocycles. The van der Waals surface area contributed by atoms with Gasteiger partial charge >= 0.3 is 6.03 Å². The molecule has 3 amide bonds. The quantitative estimate of drug-likeness (QED) is 0.222. The number of alkyl halides is 1.